The lowest BCUT2D eigenvalue weighted by atomic mass is 10.2. The van der Waals surface area contributed by atoms with Crippen LogP contribution in [0.15, 0.2) is 51.6 Å². The van der Waals surface area contributed by atoms with Crippen molar-refractivity contribution in [2.24, 2.45) is 0 Å². The van der Waals surface area contributed by atoms with Crippen molar-refractivity contribution in [2.45, 2.75) is 6.54 Å². The van der Waals surface area contributed by atoms with E-state index >= 15 is 0 Å². The summed E-state index contributed by atoms with van der Waals surface area (Å²) in [5, 5.41) is 11.6. The topological polar surface area (TPSA) is 39.2 Å². The average molecular weight is 280 g/mol. The molecule has 0 unspecified atom stereocenters. The zero-order valence-electron chi connectivity index (χ0n) is 8.47. The molecule has 0 atom stereocenters. The third kappa shape index (κ3) is 2.97. The minimum atomic E-state index is 0.209. The third-order valence-electron chi connectivity index (χ3n) is 2.03. The summed E-state index contributed by atoms with van der Waals surface area (Å²) >= 11 is 3.19. The van der Waals surface area contributed by atoms with Crippen LogP contribution in [-0.2, 0) is 6.54 Å². The number of furan rings is 1. The van der Waals surface area contributed by atoms with Gasteiger partial charge in [-0.25, -0.2) is 4.74 Å². The zero-order chi connectivity index (χ0) is 11.4. The largest absolute Gasteiger partial charge is 0.623 e. The van der Waals surface area contributed by atoms with E-state index in [1.807, 2.05) is 30.3 Å². The van der Waals surface area contributed by atoms with Crippen molar-refractivity contribution in [3.63, 3.8) is 0 Å². The van der Waals surface area contributed by atoms with Gasteiger partial charge in [-0.05, 0) is 40.2 Å². The molecule has 3 nitrogen and oxygen atoms in total. The van der Waals surface area contributed by atoms with Gasteiger partial charge < -0.3 is 9.62 Å². The highest BCUT2D eigenvalue weighted by Crippen LogP contribution is 2.14. The van der Waals surface area contributed by atoms with Crippen LogP contribution >= 0.6 is 15.9 Å². The van der Waals surface area contributed by atoms with Gasteiger partial charge in [0, 0.05) is 5.56 Å². The fraction of sp³-hybridized carbons (Fsp3) is 0.0833. The van der Waals surface area contributed by atoms with Crippen LogP contribution in [-0.4, -0.2) is 11.0 Å². The second-order valence-corrected chi connectivity index (χ2v) is 4.10. The van der Waals surface area contributed by atoms with Crippen molar-refractivity contribution in [1.29, 1.82) is 0 Å². The molecule has 0 radical (unpaired) electrons. The van der Waals surface area contributed by atoms with Crippen molar-refractivity contribution in [3.05, 3.63) is 63.7 Å². The Hall–Kier alpha value is -1.55. The van der Waals surface area contributed by atoms with Crippen LogP contribution in [0.2, 0.25) is 0 Å². The van der Waals surface area contributed by atoms with Gasteiger partial charge in [0.25, 0.3) is 0 Å². The SMILES string of the molecule is [O-]/[N+](=C\c1ccccc1)Cc1ccc(Br)o1. The Morgan fingerprint density at radius 1 is 1.19 bits per heavy atom. The first kappa shape index (κ1) is 11.0. The first-order valence-corrected chi connectivity index (χ1v) is 5.61. The third-order valence-corrected chi connectivity index (χ3v) is 2.46. The number of benzene rings is 1. The minimum absolute atomic E-state index is 0.209. The summed E-state index contributed by atoms with van der Waals surface area (Å²) < 4.78 is 6.73. The van der Waals surface area contributed by atoms with Gasteiger partial charge in [-0.1, -0.05) is 18.2 Å². The van der Waals surface area contributed by atoms with Crippen LogP contribution in [0.1, 0.15) is 11.3 Å². The molecule has 0 saturated heterocycles. The summed E-state index contributed by atoms with van der Waals surface area (Å²) in [5.74, 6) is 0.633. The number of rotatable bonds is 3. The average Bonchev–Trinajstić information content (AvgIpc) is 2.65. The van der Waals surface area contributed by atoms with Crippen molar-refractivity contribution in [1.82, 2.24) is 0 Å². The Morgan fingerprint density at radius 3 is 2.56 bits per heavy atom. The number of nitrogens with zero attached hydrogens (tertiary/aromatic N) is 1. The lowest BCUT2D eigenvalue weighted by Gasteiger charge is -2.01. The van der Waals surface area contributed by atoms with Gasteiger partial charge >= 0.3 is 0 Å². The molecule has 2 aromatic rings. The van der Waals surface area contributed by atoms with E-state index in [1.165, 1.54) is 6.21 Å². The van der Waals surface area contributed by atoms with E-state index in [1.54, 1.807) is 12.1 Å². The van der Waals surface area contributed by atoms with E-state index in [2.05, 4.69) is 15.9 Å². The second-order valence-electron chi connectivity index (χ2n) is 3.32. The Labute approximate surface area is 102 Å². The first-order chi connectivity index (χ1) is 7.74. The molecule has 0 bridgehead atoms. The van der Waals surface area contributed by atoms with Gasteiger partial charge in [0.2, 0.25) is 6.54 Å². The van der Waals surface area contributed by atoms with Crippen LogP contribution in [0.25, 0.3) is 0 Å². The minimum Gasteiger partial charge on any atom is -0.623 e. The summed E-state index contributed by atoms with van der Waals surface area (Å²) in [5.41, 5.74) is 0.878. The summed E-state index contributed by atoms with van der Waals surface area (Å²) in [6.45, 7) is 0.209. The lowest BCUT2D eigenvalue weighted by molar-refractivity contribution is -0.472. The van der Waals surface area contributed by atoms with Crippen LogP contribution in [0.4, 0.5) is 0 Å². The molecule has 16 heavy (non-hydrogen) atoms. The van der Waals surface area contributed by atoms with Crippen LogP contribution in [0.5, 0.6) is 0 Å². The summed E-state index contributed by atoms with van der Waals surface area (Å²) in [4.78, 5) is 0. The van der Waals surface area contributed by atoms with E-state index in [0.717, 1.165) is 10.3 Å². The van der Waals surface area contributed by atoms with Gasteiger partial charge in [0.05, 0.1) is 0 Å². The number of hydrogen-bond donors (Lipinski definition) is 0. The predicted octanol–water partition coefficient (Wildman–Crippen LogP) is 3.17. The van der Waals surface area contributed by atoms with E-state index in [9.17, 15) is 5.21 Å². The van der Waals surface area contributed by atoms with E-state index < -0.39 is 0 Å². The molecule has 2 rings (SSSR count). The van der Waals surface area contributed by atoms with Gasteiger partial charge in [-0.2, -0.15) is 0 Å². The predicted molar refractivity (Wildman–Crippen MR) is 65.3 cm³/mol. The van der Waals surface area contributed by atoms with Crippen molar-refractivity contribution in [3.8, 4) is 0 Å². The molecule has 0 spiro atoms. The van der Waals surface area contributed by atoms with Crippen LogP contribution in [0, 0.1) is 5.21 Å². The maximum Gasteiger partial charge on any atom is 0.210 e. The summed E-state index contributed by atoms with van der Waals surface area (Å²) in [6, 6.07) is 13.0. The van der Waals surface area contributed by atoms with Gasteiger partial charge in [-0.3, -0.25) is 0 Å². The molecule has 0 amide bonds. The molecule has 1 aromatic heterocycles. The van der Waals surface area contributed by atoms with E-state index in [-0.39, 0.29) is 6.54 Å². The molecule has 0 aliphatic carbocycles. The Morgan fingerprint density at radius 2 is 1.94 bits per heavy atom. The van der Waals surface area contributed by atoms with Crippen molar-refractivity contribution in [2.75, 3.05) is 0 Å². The number of hydroxylamine groups is 1. The molecule has 1 aromatic carbocycles. The highest BCUT2D eigenvalue weighted by molar-refractivity contribution is 9.10. The van der Waals surface area contributed by atoms with Crippen molar-refractivity contribution >= 4 is 22.1 Å². The highest BCUT2D eigenvalue weighted by Gasteiger charge is 2.03. The van der Waals surface area contributed by atoms with Crippen molar-refractivity contribution < 1.29 is 9.16 Å². The van der Waals surface area contributed by atoms with E-state index in [0.29, 0.717) is 10.4 Å². The smallest absolute Gasteiger partial charge is 0.210 e. The molecule has 0 saturated carbocycles. The molecule has 1 heterocycles. The number of hydrogen-bond acceptors (Lipinski definition) is 2. The van der Waals surface area contributed by atoms with Gasteiger partial charge in [0.1, 0.15) is 0 Å². The molecule has 0 aliphatic heterocycles. The quantitative estimate of drug-likeness (QED) is 0.375. The molecule has 82 valence electrons. The summed E-state index contributed by atoms with van der Waals surface area (Å²) in [6.07, 6.45) is 1.54. The maximum atomic E-state index is 11.6. The van der Waals surface area contributed by atoms with Crippen LogP contribution < -0.4 is 0 Å². The highest BCUT2D eigenvalue weighted by atomic mass is 79.9. The summed E-state index contributed by atoms with van der Waals surface area (Å²) in [7, 11) is 0. The second kappa shape index (κ2) is 4.99. The molecular weight excluding hydrogens is 270 g/mol. The Bertz CT molecular complexity index is 491. The maximum absolute atomic E-state index is 11.6. The molecule has 0 N–H and O–H groups in total. The van der Waals surface area contributed by atoms with Gasteiger partial charge in [0.15, 0.2) is 16.6 Å². The fourth-order valence-corrected chi connectivity index (χ4v) is 1.68. The lowest BCUT2D eigenvalue weighted by Crippen LogP contribution is -2.04. The van der Waals surface area contributed by atoms with Gasteiger partial charge in [-0.15, -0.1) is 0 Å². The Kier molecular flexibility index (Phi) is 3.41. The first-order valence-electron chi connectivity index (χ1n) is 4.82. The number of halogens is 1. The fourth-order valence-electron chi connectivity index (χ4n) is 1.34. The zero-order valence-corrected chi connectivity index (χ0v) is 10.1. The molecular formula is C12H10BrNO2. The van der Waals surface area contributed by atoms with Crippen LogP contribution in [0.3, 0.4) is 0 Å². The standard InChI is InChI=1S/C12H10BrNO2/c13-12-7-6-11(16-12)9-14(15)8-10-4-2-1-3-5-10/h1-8H,9H2/b14-8-. The van der Waals surface area contributed by atoms with E-state index in [4.69, 9.17) is 4.42 Å². The molecule has 0 aliphatic rings. The Balaban J connectivity index is 2.08. The monoisotopic (exact) mass is 279 g/mol. The molecule has 0 fully saturated rings. The normalized spacial score (nSPS) is 11.7. The molecule has 4 heteroatoms.